The number of benzene rings is 2. The van der Waals surface area contributed by atoms with Crippen LogP contribution in [0.1, 0.15) is 34.7 Å². The lowest BCUT2D eigenvalue weighted by molar-refractivity contribution is 0.0575. The third-order valence-corrected chi connectivity index (χ3v) is 3.76. The third-order valence-electron chi connectivity index (χ3n) is 3.76. The van der Waals surface area contributed by atoms with Crippen LogP contribution in [0.2, 0.25) is 0 Å². The van der Waals surface area contributed by atoms with Crippen molar-refractivity contribution in [3.8, 4) is 0 Å². The summed E-state index contributed by atoms with van der Waals surface area (Å²) in [6.07, 6.45) is 0.636. The van der Waals surface area contributed by atoms with E-state index in [-0.39, 0.29) is 0 Å². The van der Waals surface area contributed by atoms with E-state index in [1.165, 1.54) is 22.3 Å². The first-order valence-electron chi connectivity index (χ1n) is 6.74. The molecule has 100 valence electrons. The van der Waals surface area contributed by atoms with Crippen molar-refractivity contribution < 1.29 is 5.11 Å². The van der Waals surface area contributed by atoms with Crippen molar-refractivity contribution >= 4 is 0 Å². The normalized spacial score (nSPS) is 14.2. The second kappa shape index (κ2) is 5.18. The van der Waals surface area contributed by atoms with Gasteiger partial charge in [-0.05, 0) is 49.9 Å². The van der Waals surface area contributed by atoms with E-state index in [1.54, 1.807) is 0 Å². The fourth-order valence-electron chi connectivity index (χ4n) is 2.40. The highest BCUT2D eigenvalue weighted by Gasteiger charge is 2.23. The fraction of sp³-hybridized carbons (Fsp3) is 0.333. The summed E-state index contributed by atoms with van der Waals surface area (Å²) in [7, 11) is 0. The fourth-order valence-corrected chi connectivity index (χ4v) is 2.40. The molecule has 1 atom stereocenters. The van der Waals surface area contributed by atoms with Gasteiger partial charge in [0, 0.05) is 6.42 Å². The maximum Gasteiger partial charge on any atom is 0.0908 e. The highest BCUT2D eigenvalue weighted by Crippen LogP contribution is 2.27. The zero-order chi connectivity index (χ0) is 14.0. The van der Waals surface area contributed by atoms with E-state index >= 15 is 0 Å². The summed E-state index contributed by atoms with van der Waals surface area (Å²) >= 11 is 0. The van der Waals surface area contributed by atoms with Crippen LogP contribution in [0, 0.1) is 20.8 Å². The van der Waals surface area contributed by atoms with Crippen molar-refractivity contribution in [2.45, 2.75) is 39.7 Å². The van der Waals surface area contributed by atoms with Crippen LogP contribution in [0.3, 0.4) is 0 Å². The molecular weight excluding hydrogens is 232 g/mol. The molecule has 0 aliphatic carbocycles. The lowest BCUT2D eigenvalue weighted by Crippen LogP contribution is -2.24. The van der Waals surface area contributed by atoms with E-state index in [0.717, 1.165) is 5.56 Å². The lowest BCUT2D eigenvalue weighted by atomic mass is 9.87. The monoisotopic (exact) mass is 254 g/mol. The molecule has 1 unspecified atom stereocenters. The van der Waals surface area contributed by atoms with Gasteiger partial charge in [-0.1, -0.05) is 48.0 Å². The van der Waals surface area contributed by atoms with E-state index in [9.17, 15) is 5.11 Å². The van der Waals surface area contributed by atoms with Gasteiger partial charge in [-0.15, -0.1) is 0 Å². The first-order valence-corrected chi connectivity index (χ1v) is 6.74. The Bertz CT molecular complexity index is 582. The Morgan fingerprint density at radius 1 is 0.947 bits per heavy atom. The molecule has 1 N–H and O–H groups in total. The van der Waals surface area contributed by atoms with Gasteiger partial charge in [0.25, 0.3) is 0 Å². The quantitative estimate of drug-likeness (QED) is 0.875. The summed E-state index contributed by atoms with van der Waals surface area (Å²) in [6, 6.07) is 14.5. The number of hydrogen-bond donors (Lipinski definition) is 1. The molecule has 0 fully saturated rings. The van der Waals surface area contributed by atoms with Gasteiger partial charge < -0.3 is 5.11 Å². The molecule has 19 heavy (non-hydrogen) atoms. The van der Waals surface area contributed by atoms with Crippen LogP contribution in [-0.2, 0) is 12.0 Å². The Kier molecular flexibility index (Phi) is 3.77. The minimum Gasteiger partial charge on any atom is -0.385 e. The van der Waals surface area contributed by atoms with Gasteiger partial charge in [0.2, 0.25) is 0 Å². The summed E-state index contributed by atoms with van der Waals surface area (Å²) in [5, 5.41) is 10.7. The van der Waals surface area contributed by atoms with Crippen molar-refractivity contribution in [2.24, 2.45) is 0 Å². The predicted molar refractivity (Wildman–Crippen MR) is 80.4 cm³/mol. The molecule has 0 spiro atoms. The van der Waals surface area contributed by atoms with Crippen LogP contribution in [-0.4, -0.2) is 5.11 Å². The van der Waals surface area contributed by atoms with Gasteiger partial charge in [0.05, 0.1) is 5.60 Å². The number of hydrogen-bond acceptors (Lipinski definition) is 1. The van der Waals surface area contributed by atoms with Crippen LogP contribution >= 0.6 is 0 Å². The van der Waals surface area contributed by atoms with Crippen LogP contribution < -0.4 is 0 Å². The van der Waals surface area contributed by atoms with Crippen LogP contribution in [0.15, 0.2) is 42.5 Å². The van der Waals surface area contributed by atoms with Crippen molar-refractivity contribution in [1.29, 1.82) is 0 Å². The van der Waals surface area contributed by atoms with Crippen molar-refractivity contribution in [1.82, 2.24) is 0 Å². The van der Waals surface area contributed by atoms with Crippen molar-refractivity contribution in [2.75, 3.05) is 0 Å². The summed E-state index contributed by atoms with van der Waals surface area (Å²) in [5.41, 5.74) is 5.04. The highest BCUT2D eigenvalue weighted by atomic mass is 16.3. The molecule has 0 aliphatic heterocycles. The number of aliphatic hydroxyl groups is 1. The topological polar surface area (TPSA) is 20.2 Å². The lowest BCUT2D eigenvalue weighted by Gasteiger charge is -2.25. The third kappa shape index (κ3) is 3.24. The predicted octanol–water partition coefficient (Wildman–Crippen LogP) is 4.06. The van der Waals surface area contributed by atoms with Gasteiger partial charge in [-0.25, -0.2) is 0 Å². The SMILES string of the molecule is Cc1cccc(CC(C)(O)c2ccc(C)c(C)c2)c1. The Labute approximate surface area is 115 Å². The maximum absolute atomic E-state index is 10.7. The van der Waals surface area contributed by atoms with Gasteiger partial charge in [0.15, 0.2) is 0 Å². The average molecular weight is 254 g/mol. The molecular formula is C18H22O. The second-order valence-electron chi connectivity index (χ2n) is 5.74. The molecule has 2 aromatic rings. The second-order valence-corrected chi connectivity index (χ2v) is 5.74. The van der Waals surface area contributed by atoms with Gasteiger partial charge >= 0.3 is 0 Å². The van der Waals surface area contributed by atoms with Crippen LogP contribution in [0.25, 0.3) is 0 Å². The van der Waals surface area contributed by atoms with Gasteiger partial charge in [-0.3, -0.25) is 0 Å². The van der Waals surface area contributed by atoms with Crippen LogP contribution in [0.4, 0.5) is 0 Å². The van der Waals surface area contributed by atoms with Crippen LogP contribution in [0.5, 0.6) is 0 Å². The van der Waals surface area contributed by atoms with Gasteiger partial charge in [0.1, 0.15) is 0 Å². The molecule has 0 radical (unpaired) electrons. The minimum atomic E-state index is -0.827. The molecule has 0 amide bonds. The van der Waals surface area contributed by atoms with Crippen molar-refractivity contribution in [3.05, 3.63) is 70.3 Å². The molecule has 0 bridgehead atoms. The minimum absolute atomic E-state index is 0.636. The smallest absolute Gasteiger partial charge is 0.0908 e. The Morgan fingerprint density at radius 2 is 1.68 bits per heavy atom. The zero-order valence-corrected chi connectivity index (χ0v) is 12.2. The molecule has 1 nitrogen and oxygen atoms in total. The molecule has 0 aliphatic rings. The molecule has 1 heteroatoms. The summed E-state index contributed by atoms with van der Waals surface area (Å²) in [5.74, 6) is 0. The molecule has 0 heterocycles. The largest absolute Gasteiger partial charge is 0.385 e. The molecule has 0 saturated heterocycles. The van der Waals surface area contributed by atoms with E-state index in [4.69, 9.17) is 0 Å². The van der Waals surface area contributed by atoms with Gasteiger partial charge in [-0.2, -0.15) is 0 Å². The summed E-state index contributed by atoms with van der Waals surface area (Å²) in [6.45, 7) is 8.14. The molecule has 0 saturated carbocycles. The molecule has 2 aromatic carbocycles. The average Bonchev–Trinajstić information content (AvgIpc) is 2.32. The first kappa shape index (κ1) is 13.8. The van der Waals surface area contributed by atoms with E-state index in [1.807, 2.05) is 19.1 Å². The molecule has 2 rings (SSSR count). The Hall–Kier alpha value is -1.60. The maximum atomic E-state index is 10.7. The Balaban J connectivity index is 2.29. The summed E-state index contributed by atoms with van der Waals surface area (Å²) < 4.78 is 0. The van der Waals surface area contributed by atoms with E-state index in [0.29, 0.717) is 6.42 Å². The van der Waals surface area contributed by atoms with Crippen molar-refractivity contribution in [3.63, 3.8) is 0 Å². The molecule has 0 aromatic heterocycles. The highest BCUT2D eigenvalue weighted by molar-refractivity contribution is 5.34. The zero-order valence-electron chi connectivity index (χ0n) is 12.2. The first-order chi connectivity index (χ1) is 8.88. The standard InChI is InChI=1S/C18H22O/c1-13-6-5-7-16(10-13)12-18(4,19)17-9-8-14(2)15(3)11-17/h5-11,19H,12H2,1-4H3. The van der Waals surface area contributed by atoms with E-state index in [2.05, 4.69) is 51.1 Å². The number of rotatable bonds is 3. The van der Waals surface area contributed by atoms with E-state index < -0.39 is 5.60 Å². The Morgan fingerprint density at radius 3 is 2.32 bits per heavy atom. The number of aryl methyl sites for hydroxylation is 3. The summed E-state index contributed by atoms with van der Waals surface area (Å²) in [4.78, 5) is 0.